The lowest BCUT2D eigenvalue weighted by molar-refractivity contribution is -0.120. The van der Waals surface area contributed by atoms with E-state index in [0.717, 1.165) is 79.7 Å². The number of hydrogen-bond acceptors (Lipinski definition) is 4. The summed E-state index contributed by atoms with van der Waals surface area (Å²) in [5.41, 5.74) is 5.14. The third-order valence-corrected chi connectivity index (χ3v) is 8.97. The first-order chi connectivity index (χ1) is 19.9. The van der Waals surface area contributed by atoms with E-state index in [1.165, 1.54) is 18.5 Å². The number of anilines is 1. The van der Waals surface area contributed by atoms with Gasteiger partial charge in [-0.1, -0.05) is 23.8 Å². The topological polar surface area (TPSA) is 77.9 Å². The van der Waals surface area contributed by atoms with E-state index in [2.05, 4.69) is 33.8 Å². The fourth-order valence-corrected chi connectivity index (χ4v) is 6.72. The number of carbonyl (C=O) groups excluding carboxylic acids is 3. The highest BCUT2D eigenvalue weighted by molar-refractivity contribution is 5.98. The maximum absolute atomic E-state index is 12.9. The van der Waals surface area contributed by atoms with E-state index in [1.54, 1.807) is 11.9 Å². The minimum atomic E-state index is -0.0767. The molecule has 0 spiro atoms. The minimum Gasteiger partial charge on any atom is -0.359 e. The van der Waals surface area contributed by atoms with E-state index in [1.807, 2.05) is 48.2 Å². The van der Waals surface area contributed by atoms with Crippen LogP contribution < -0.4 is 10.2 Å². The predicted molar refractivity (Wildman–Crippen MR) is 163 cm³/mol. The molecule has 0 bridgehead atoms. The molecule has 0 unspecified atom stereocenters. The number of amides is 3. The standard InChI is InChI=1S/C33H43N5O3/c1-24-6-4-7-27(20-24)33(41)36-18-16-35(17-19-36)22-26-10-12-28(13-11-26)38-25(2)21-29-30(8-5-9-31(29)38)37(23-39)15-14-32(40)34-3/h4-9,20-21,23,26,28H,10-19,22H2,1-3H3,(H,34,40). The molecule has 1 saturated heterocycles. The molecule has 1 saturated carbocycles. The zero-order valence-corrected chi connectivity index (χ0v) is 24.6. The quantitative estimate of drug-likeness (QED) is 0.392. The zero-order valence-electron chi connectivity index (χ0n) is 24.6. The first-order valence-corrected chi connectivity index (χ1v) is 15.0. The lowest BCUT2D eigenvalue weighted by atomic mass is 9.85. The number of hydrogen-bond donors (Lipinski definition) is 1. The van der Waals surface area contributed by atoms with Gasteiger partial charge in [0.1, 0.15) is 0 Å². The van der Waals surface area contributed by atoms with E-state index in [9.17, 15) is 14.4 Å². The molecule has 8 nitrogen and oxygen atoms in total. The van der Waals surface area contributed by atoms with Crippen molar-refractivity contribution in [2.75, 3.05) is 51.2 Å². The molecule has 2 aliphatic rings. The van der Waals surface area contributed by atoms with Crippen LogP contribution in [0.1, 0.15) is 59.8 Å². The predicted octanol–water partition coefficient (Wildman–Crippen LogP) is 4.55. The normalized spacial score (nSPS) is 19.7. The lowest BCUT2D eigenvalue weighted by Gasteiger charge is -2.38. The number of piperazine rings is 1. The van der Waals surface area contributed by atoms with E-state index in [4.69, 9.17) is 0 Å². The van der Waals surface area contributed by atoms with Crippen LogP contribution in [0.2, 0.25) is 0 Å². The monoisotopic (exact) mass is 557 g/mol. The van der Waals surface area contributed by atoms with Crippen LogP contribution in [0, 0.1) is 19.8 Å². The number of fused-ring (bicyclic) bond motifs is 1. The summed E-state index contributed by atoms with van der Waals surface area (Å²) in [7, 11) is 1.61. The molecule has 1 aliphatic carbocycles. The Hall–Kier alpha value is -3.65. The molecule has 1 aliphatic heterocycles. The second-order valence-corrected chi connectivity index (χ2v) is 11.7. The van der Waals surface area contributed by atoms with E-state index in [-0.39, 0.29) is 18.2 Å². The van der Waals surface area contributed by atoms with Crippen molar-refractivity contribution in [1.82, 2.24) is 19.7 Å². The van der Waals surface area contributed by atoms with Crippen molar-refractivity contribution in [3.8, 4) is 0 Å². The SMILES string of the molecule is CNC(=O)CCN(C=O)c1cccc2c1cc(C)n2C1CCC(CN2CCN(C(=O)c3cccc(C)c3)CC2)CC1. The summed E-state index contributed by atoms with van der Waals surface area (Å²) in [6.45, 7) is 9.10. The highest BCUT2D eigenvalue weighted by Gasteiger charge is 2.28. The van der Waals surface area contributed by atoms with E-state index < -0.39 is 0 Å². The molecule has 218 valence electrons. The first kappa shape index (κ1) is 28.9. The summed E-state index contributed by atoms with van der Waals surface area (Å²) in [5, 5.41) is 3.69. The third-order valence-electron chi connectivity index (χ3n) is 8.97. The fourth-order valence-electron chi connectivity index (χ4n) is 6.72. The molecule has 2 aromatic carbocycles. The van der Waals surface area contributed by atoms with Gasteiger partial charge in [-0.3, -0.25) is 19.3 Å². The first-order valence-electron chi connectivity index (χ1n) is 15.0. The molecule has 0 atom stereocenters. The van der Waals surface area contributed by atoms with Gasteiger partial charge in [-0.05, 0) is 75.8 Å². The largest absolute Gasteiger partial charge is 0.359 e. The van der Waals surface area contributed by atoms with Gasteiger partial charge in [-0.25, -0.2) is 0 Å². The second kappa shape index (κ2) is 12.9. The van der Waals surface area contributed by atoms with Crippen molar-refractivity contribution in [3.63, 3.8) is 0 Å². The maximum Gasteiger partial charge on any atom is 0.253 e. The number of aromatic nitrogens is 1. The van der Waals surface area contributed by atoms with Crippen LogP contribution in [0.25, 0.3) is 10.9 Å². The van der Waals surface area contributed by atoms with Gasteiger partial charge < -0.3 is 19.7 Å². The van der Waals surface area contributed by atoms with Crippen LogP contribution in [-0.2, 0) is 9.59 Å². The number of aryl methyl sites for hydroxylation is 2. The molecule has 2 fully saturated rings. The molecule has 3 amide bonds. The van der Waals surface area contributed by atoms with Crippen LogP contribution in [0.3, 0.4) is 0 Å². The second-order valence-electron chi connectivity index (χ2n) is 11.7. The highest BCUT2D eigenvalue weighted by Crippen LogP contribution is 2.38. The van der Waals surface area contributed by atoms with Crippen molar-refractivity contribution in [2.45, 2.75) is 52.0 Å². The number of benzene rings is 2. The van der Waals surface area contributed by atoms with Gasteiger partial charge in [0.05, 0.1) is 11.2 Å². The van der Waals surface area contributed by atoms with Crippen LogP contribution >= 0.6 is 0 Å². The fraction of sp³-hybridized carbons (Fsp3) is 0.485. The van der Waals surface area contributed by atoms with Crippen molar-refractivity contribution < 1.29 is 14.4 Å². The van der Waals surface area contributed by atoms with E-state index in [0.29, 0.717) is 18.5 Å². The van der Waals surface area contributed by atoms with Crippen molar-refractivity contribution >= 4 is 34.8 Å². The van der Waals surface area contributed by atoms with E-state index >= 15 is 0 Å². The van der Waals surface area contributed by atoms with Crippen LogP contribution in [0.5, 0.6) is 0 Å². The molecule has 8 heteroatoms. The molecule has 5 rings (SSSR count). The average molecular weight is 558 g/mol. The number of carbonyl (C=O) groups is 3. The van der Waals surface area contributed by atoms with Gasteiger partial charge in [-0.15, -0.1) is 0 Å². The Labute approximate surface area is 243 Å². The number of rotatable bonds is 9. The molecule has 3 aromatic rings. The zero-order chi connectivity index (χ0) is 28.9. The lowest BCUT2D eigenvalue weighted by Crippen LogP contribution is -2.50. The van der Waals surface area contributed by atoms with Crippen LogP contribution in [0.4, 0.5) is 5.69 Å². The number of nitrogens with one attached hydrogen (secondary N) is 1. The van der Waals surface area contributed by atoms with Gasteiger partial charge in [0, 0.05) is 75.4 Å². The van der Waals surface area contributed by atoms with Crippen LogP contribution in [0.15, 0.2) is 48.5 Å². The summed E-state index contributed by atoms with van der Waals surface area (Å²) >= 11 is 0. The summed E-state index contributed by atoms with van der Waals surface area (Å²) in [6, 6.07) is 16.6. The molecule has 0 radical (unpaired) electrons. The summed E-state index contributed by atoms with van der Waals surface area (Å²) in [4.78, 5) is 42.8. The Balaban J connectivity index is 1.17. The Morgan fingerprint density at radius 3 is 2.39 bits per heavy atom. The van der Waals surface area contributed by atoms with Crippen molar-refractivity contribution in [3.05, 3.63) is 65.4 Å². The maximum atomic E-state index is 12.9. The molecular weight excluding hydrogens is 514 g/mol. The Morgan fingerprint density at radius 1 is 0.976 bits per heavy atom. The van der Waals surface area contributed by atoms with Crippen molar-refractivity contribution in [1.29, 1.82) is 0 Å². The Kier molecular flexibility index (Phi) is 9.08. The van der Waals surface area contributed by atoms with Gasteiger partial charge in [0.15, 0.2) is 0 Å². The summed E-state index contributed by atoms with van der Waals surface area (Å²) in [6.07, 6.45) is 5.76. The van der Waals surface area contributed by atoms with Gasteiger partial charge in [-0.2, -0.15) is 0 Å². The molecule has 1 N–H and O–H groups in total. The molecular formula is C33H43N5O3. The Morgan fingerprint density at radius 2 is 1.71 bits per heavy atom. The van der Waals surface area contributed by atoms with Crippen LogP contribution in [-0.4, -0.2) is 78.9 Å². The van der Waals surface area contributed by atoms with Gasteiger partial charge in [0.2, 0.25) is 12.3 Å². The van der Waals surface area contributed by atoms with Gasteiger partial charge in [0.25, 0.3) is 5.91 Å². The summed E-state index contributed by atoms with van der Waals surface area (Å²) in [5.74, 6) is 0.749. The molecule has 1 aromatic heterocycles. The third kappa shape index (κ3) is 6.48. The highest BCUT2D eigenvalue weighted by atomic mass is 16.2. The Bertz CT molecular complexity index is 1380. The molecule has 2 heterocycles. The smallest absolute Gasteiger partial charge is 0.253 e. The summed E-state index contributed by atoms with van der Waals surface area (Å²) < 4.78 is 2.46. The van der Waals surface area contributed by atoms with Gasteiger partial charge >= 0.3 is 0 Å². The molecule has 41 heavy (non-hydrogen) atoms. The number of nitrogens with zero attached hydrogens (tertiary/aromatic N) is 4. The average Bonchev–Trinajstić information content (AvgIpc) is 3.34. The van der Waals surface area contributed by atoms with Crippen molar-refractivity contribution in [2.24, 2.45) is 5.92 Å². The minimum absolute atomic E-state index is 0.0767.